The van der Waals surface area contributed by atoms with Crippen molar-refractivity contribution in [1.82, 2.24) is 20.9 Å². The minimum Gasteiger partial charge on any atom is -0.508 e. The van der Waals surface area contributed by atoms with Crippen molar-refractivity contribution in [1.29, 1.82) is 0 Å². The van der Waals surface area contributed by atoms with Gasteiger partial charge in [-0.2, -0.15) is 0 Å². The van der Waals surface area contributed by atoms with Crippen LogP contribution in [0.5, 0.6) is 5.75 Å². The van der Waals surface area contributed by atoms with Gasteiger partial charge in [0.1, 0.15) is 24.1 Å². The molecule has 3 amide bonds. The number of carboxylic acid groups (broad SMARTS) is 1. The molecule has 0 aliphatic carbocycles. The molecule has 3 rings (SSSR count). The summed E-state index contributed by atoms with van der Waals surface area (Å²) in [7, 11) is 0. The summed E-state index contributed by atoms with van der Waals surface area (Å²) in [4.78, 5) is 53.9. The maximum Gasteiger partial charge on any atom is 0.326 e. The minimum atomic E-state index is -1.25. The molecule has 12 heteroatoms. The van der Waals surface area contributed by atoms with Crippen LogP contribution in [0.3, 0.4) is 0 Å². The number of amides is 3. The third-order valence-electron chi connectivity index (χ3n) is 5.76. The predicted molar refractivity (Wildman–Crippen MR) is 140 cm³/mol. The third kappa shape index (κ3) is 8.97. The van der Waals surface area contributed by atoms with Gasteiger partial charge in [0.05, 0.1) is 6.54 Å². The van der Waals surface area contributed by atoms with Gasteiger partial charge in [0.25, 0.3) is 5.91 Å². The van der Waals surface area contributed by atoms with E-state index in [0.717, 1.165) is 0 Å². The van der Waals surface area contributed by atoms with Crippen molar-refractivity contribution in [2.75, 3.05) is 13.1 Å². The number of benzene rings is 2. The Kier molecular flexibility index (Phi) is 10.6. The highest BCUT2D eigenvalue weighted by molar-refractivity contribution is 5.97. The van der Waals surface area contributed by atoms with Crippen molar-refractivity contribution in [3.05, 3.63) is 72.1 Å². The van der Waals surface area contributed by atoms with Gasteiger partial charge < -0.3 is 36.3 Å². The number of nitrogens with two attached hydrogens (primary N) is 1. The number of rotatable bonds is 14. The second-order valence-corrected chi connectivity index (χ2v) is 8.76. The number of aliphatic carboxylic acids is 1. The highest BCUT2D eigenvalue weighted by Gasteiger charge is 2.25. The van der Waals surface area contributed by atoms with Crippen molar-refractivity contribution in [2.45, 2.75) is 37.8 Å². The average molecular weight is 538 g/mol. The summed E-state index contributed by atoms with van der Waals surface area (Å²) in [5, 5.41) is 26.3. The zero-order chi connectivity index (χ0) is 28.2. The van der Waals surface area contributed by atoms with Gasteiger partial charge in [-0.1, -0.05) is 30.3 Å². The van der Waals surface area contributed by atoms with Crippen LogP contribution in [-0.2, 0) is 20.8 Å². The number of hydrogen-bond donors (Lipinski definition) is 6. The van der Waals surface area contributed by atoms with Gasteiger partial charge in [0, 0.05) is 12.0 Å². The summed E-state index contributed by atoms with van der Waals surface area (Å²) < 4.78 is 5.39. The second kappa shape index (κ2) is 14.3. The van der Waals surface area contributed by atoms with Crippen molar-refractivity contribution in [3.63, 3.8) is 0 Å². The number of hydrogen-bond acceptors (Lipinski definition) is 8. The third-order valence-corrected chi connectivity index (χ3v) is 5.76. The molecule has 39 heavy (non-hydrogen) atoms. The highest BCUT2D eigenvalue weighted by Crippen LogP contribution is 2.18. The quantitative estimate of drug-likeness (QED) is 0.164. The normalized spacial score (nSPS) is 12.2. The number of oxazole rings is 1. The number of phenolic OH excluding ortho intramolecular Hbond substituents is 1. The van der Waals surface area contributed by atoms with E-state index in [1.54, 1.807) is 36.4 Å². The summed E-state index contributed by atoms with van der Waals surface area (Å²) >= 11 is 0. The maximum absolute atomic E-state index is 12.9. The Labute approximate surface area is 224 Å². The largest absolute Gasteiger partial charge is 0.508 e. The first kappa shape index (κ1) is 28.9. The van der Waals surface area contributed by atoms with Crippen LogP contribution in [0.1, 0.15) is 35.3 Å². The molecule has 2 atom stereocenters. The Morgan fingerprint density at radius 3 is 2.33 bits per heavy atom. The number of carbonyl (C=O) groups is 4. The van der Waals surface area contributed by atoms with Gasteiger partial charge in [-0.25, -0.2) is 9.78 Å². The van der Waals surface area contributed by atoms with Crippen LogP contribution >= 0.6 is 0 Å². The second-order valence-electron chi connectivity index (χ2n) is 8.76. The Hall–Kier alpha value is -4.71. The van der Waals surface area contributed by atoms with Gasteiger partial charge in [-0.3, -0.25) is 14.4 Å². The minimum absolute atomic E-state index is 0.0123. The molecule has 7 N–H and O–H groups in total. The van der Waals surface area contributed by atoms with Gasteiger partial charge >= 0.3 is 5.97 Å². The number of aromatic nitrogens is 1. The lowest BCUT2D eigenvalue weighted by Crippen LogP contribution is -2.51. The molecule has 1 aromatic heterocycles. The molecular weight excluding hydrogens is 506 g/mol. The molecule has 1 heterocycles. The summed E-state index contributed by atoms with van der Waals surface area (Å²) in [5.41, 5.74) is 6.82. The standard InChI is InChI=1S/C27H31N5O7/c28-13-5-4-8-20(31-25(36)22-16-39-26(32-22)18-6-2-1-3-7-18)24(35)29-15-23(34)30-21(27(37)38)14-17-9-11-19(33)12-10-17/h1-3,6-7,9-12,16,20-21,33H,4-5,8,13-15,28H2,(H,29,35)(H,30,34)(H,31,36)(H,37,38)/t20-,21-/m0/s1. The van der Waals surface area contributed by atoms with Crippen LogP contribution < -0.4 is 21.7 Å². The Bertz CT molecular complexity index is 1260. The van der Waals surface area contributed by atoms with E-state index in [4.69, 9.17) is 10.2 Å². The van der Waals surface area contributed by atoms with E-state index in [-0.39, 0.29) is 30.2 Å². The zero-order valence-corrected chi connectivity index (χ0v) is 21.1. The topological polar surface area (TPSA) is 197 Å². The number of carbonyl (C=O) groups excluding carboxylic acids is 3. The van der Waals surface area contributed by atoms with Crippen LogP contribution in [0.25, 0.3) is 11.5 Å². The van der Waals surface area contributed by atoms with E-state index >= 15 is 0 Å². The first-order valence-corrected chi connectivity index (χ1v) is 12.4. The smallest absolute Gasteiger partial charge is 0.326 e. The average Bonchev–Trinajstić information content (AvgIpc) is 3.43. The number of aromatic hydroxyl groups is 1. The molecule has 3 aromatic rings. The molecule has 0 bridgehead atoms. The van der Waals surface area contributed by atoms with Crippen LogP contribution in [0, 0.1) is 0 Å². The lowest BCUT2D eigenvalue weighted by Gasteiger charge is -2.19. The van der Waals surface area contributed by atoms with E-state index in [9.17, 15) is 29.4 Å². The fourth-order valence-corrected chi connectivity index (χ4v) is 3.69. The van der Waals surface area contributed by atoms with E-state index in [1.165, 1.54) is 18.4 Å². The first-order chi connectivity index (χ1) is 18.8. The Morgan fingerprint density at radius 2 is 1.67 bits per heavy atom. The van der Waals surface area contributed by atoms with Crippen LogP contribution in [-0.4, -0.2) is 64.1 Å². The van der Waals surface area contributed by atoms with Crippen molar-refractivity contribution in [2.24, 2.45) is 5.73 Å². The molecule has 2 aromatic carbocycles. The highest BCUT2D eigenvalue weighted by atomic mass is 16.4. The SMILES string of the molecule is NCCCC[C@H](NC(=O)c1coc(-c2ccccc2)n1)C(=O)NCC(=O)N[C@@H](Cc1ccc(O)cc1)C(=O)O. The molecule has 0 spiro atoms. The number of unbranched alkanes of at least 4 members (excludes halogenated alkanes) is 1. The molecule has 206 valence electrons. The number of nitrogens with zero attached hydrogens (tertiary/aromatic N) is 1. The van der Waals surface area contributed by atoms with Crippen molar-refractivity contribution >= 4 is 23.7 Å². The van der Waals surface area contributed by atoms with E-state index < -0.39 is 42.3 Å². The van der Waals surface area contributed by atoms with E-state index in [0.29, 0.717) is 30.5 Å². The van der Waals surface area contributed by atoms with Crippen LogP contribution in [0.4, 0.5) is 0 Å². The first-order valence-electron chi connectivity index (χ1n) is 12.4. The van der Waals surface area contributed by atoms with Gasteiger partial charge in [0.2, 0.25) is 17.7 Å². The molecule has 0 aliphatic rings. The summed E-state index contributed by atoms with van der Waals surface area (Å²) in [6.45, 7) is -0.0877. The lowest BCUT2D eigenvalue weighted by atomic mass is 10.1. The summed E-state index contributed by atoms with van der Waals surface area (Å²) in [6, 6.07) is 12.7. The molecule has 0 aliphatic heterocycles. The summed E-state index contributed by atoms with van der Waals surface area (Å²) in [6.07, 6.45) is 2.61. The number of nitrogens with one attached hydrogen (secondary N) is 3. The summed E-state index contributed by atoms with van der Waals surface area (Å²) in [5.74, 6) is -2.93. The molecule has 0 saturated carbocycles. The Balaban J connectivity index is 1.58. The number of carboxylic acids is 1. The van der Waals surface area contributed by atoms with Crippen LogP contribution in [0.2, 0.25) is 0 Å². The zero-order valence-electron chi connectivity index (χ0n) is 21.1. The van der Waals surface area contributed by atoms with Gasteiger partial charge in [-0.15, -0.1) is 0 Å². The molecule has 0 fully saturated rings. The Morgan fingerprint density at radius 1 is 0.949 bits per heavy atom. The molecule has 12 nitrogen and oxygen atoms in total. The van der Waals surface area contributed by atoms with Crippen molar-refractivity contribution in [3.8, 4) is 17.2 Å². The fourth-order valence-electron chi connectivity index (χ4n) is 3.69. The van der Waals surface area contributed by atoms with E-state index in [1.807, 2.05) is 6.07 Å². The van der Waals surface area contributed by atoms with E-state index in [2.05, 4.69) is 20.9 Å². The predicted octanol–water partition coefficient (Wildman–Crippen LogP) is 1.20. The van der Waals surface area contributed by atoms with Gasteiger partial charge in [0.15, 0.2) is 5.69 Å². The maximum atomic E-state index is 12.9. The fraction of sp³-hybridized carbons (Fsp3) is 0.296. The molecular formula is C27H31N5O7. The number of phenols is 1. The molecule has 0 saturated heterocycles. The molecule has 0 unspecified atom stereocenters. The van der Waals surface area contributed by atoms with Crippen LogP contribution in [0.15, 0.2) is 65.3 Å². The van der Waals surface area contributed by atoms with Gasteiger partial charge in [-0.05, 0) is 55.6 Å². The molecule has 0 radical (unpaired) electrons. The monoisotopic (exact) mass is 537 g/mol. The van der Waals surface area contributed by atoms with Crippen molar-refractivity contribution < 1.29 is 33.8 Å². The lowest BCUT2D eigenvalue weighted by molar-refractivity contribution is -0.141.